The van der Waals surface area contributed by atoms with Gasteiger partial charge in [0.15, 0.2) is 21.7 Å². The van der Waals surface area contributed by atoms with Crippen LogP contribution in [0.15, 0.2) is 55.6 Å². The van der Waals surface area contributed by atoms with E-state index in [1.54, 1.807) is 12.1 Å². The summed E-state index contributed by atoms with van der Waals surface area (Å²) in [6.07, 6.45) is 0. The number of hydrogen-bond acceptors (Lipinski definition) is 4. The lowest BCUT2D eigenvalue weighted by Gasteiger charge is -2.22. The van der Waals surface area contributed by atoms with E-state index < -0.39 is 0 Å². The van der Waals surface area contributed by atoms with Gasteiger partial charge in [0.1, 0.15) is 0 Å². The minimum Gasteiger partial charge on any atom is -0.290 e. The molecule has 0 saturated heterocycles. The summed E-state index contributed by atoms with van der Waals surface area (Å²) in [7, 11) is 0. The van der Waals surface area contributed by atoms with Gasteiger partial charge in [-0.1, -0.05) is 27.7 Å². The Hall–Kier alpha value is -3.40. The third-order valence-electron chi connectivity index (χ3n) is 6.17. The zero-order valence-corrected chi connectivity index (χ0v) is 17.3. The second-order valence-electron chi connectivity index (χ2n) is 8.79. The third kappa shape index (κ3) is 2.34. The topological polar surface area (TPSA) is 68.3 Å². The minimum absolute atomic E-state index is 0.0544. The molecule has 30 heavy (non-hydrogen) atoms. The lowest BCUT2D eigenvalue weighted by Crippen LogP contribution is -2.21. The molecule has 0 aromatic heterocycles. The number of rotatable bonds is 2. The van der Waals surface area contributed by atoms with Crippen molar-refractivity contribution >= 4 is 21.5 Å². The predicted molar refractivity (Wildman–Crippen MR) is 122 cm³/mol. The molecule has 1 aromatic carbocycles. The molecule has 4 aliphatic carbocycles. The maximum Gasteiger partial charge on any atom is 0.190 e. The standard InChI is InChI=1S/C26H20O4/c1-11(2)17-7-13-5-15(27)9-19-20-10-16(28)6-14-8-18(12(3)4)26(30)24(22(14)20)23(21(13)19)25(17)29/h5-12H,1-4H3. The summed E-state index contributed by atoms with van der Waals surface area (Å²) in [4.78, 5) is 52.1. The van der Waals surface area contributed by atoms with Crippen LogP contribution in [0.1, 0.15) is 50.7 Å². The van der Waals surface area contributed by atoms with E-state index in [9.17, 15) is 19.2 Å². The second kappa shape index (κ2) is 6.05. The molecule has 1 aromatic rings. The lowest BCUT2D eigenvalue weighted by molar-refractivity contribution is 0.858. The molecule has 0 heterocycles. The second-order valence-corrected chi connectivity index (χ2v) is 8.79. The molecule has 0 atom stereocenters. The molecule has 0 N–H and O–H groups in total. The van der Waals surface area contributed by atoms with E-state index >= 15 is 0 Å². The van der Waals surface area contributed by atoms with Crippen molar-refractivity contribution in [1.82, 2.24) is 0 Å². The van der Waals surface area contributed by atoms with Gasteiger partial charge in [0.25, 0.3) is 0 Å². The normalized spacial score (nSPS) is 12.5. The summed E-state index contributed by atoms with van der Waals surface area (Å²) < 4.78 is 0. The summed E-state index contributed by atoms with van der Waals surface area (Å²) in [5, 5.41) is 1.86. The van der Waals surface area contributed by atoms with Gasteiger partial charge in [-0.15, -0.1) is 0 Å². The average Bonchev–Trinajstić information content (AvgIpc) is 2.66. The van der Waals surface area contributed by atoms with E-state index in [1.165, 1.54) is 24.3 Å². The molecule has 0 aliphatic heterocycles. The van der Waals surface area contributed by atoms with Crippen LogP contribution < -0.4 is 21.7 Å². The van der Waals surface area contributed by atoms with Crippen molar-refractivity contribution in [2.24, 2.45) is 0 Å². The first kappa shape index (κ1) is 18.6. The van der Waals surface area contributed by atoms with E-state index in [1.807, 2.05) is 27.7 Å². The van der Waals surface area contributed by atoms with Crippen molar-refractivity contribution in [2.75, 3.05) is 0 Å². The summed E-state index contributed by atoms with van der Waals surface area (Å²) in [6, 6.07) is 9.48. The van der Waals surface area contributed by atoms with Crippen LogP contribution in [0.4, 0.5) is 0 Å². The van der Waals surface area contributed by atoms with Crippen LogP contribution in [0.25, 0.3) is 43.8 Å². The Morgan fingerprint density at radius 3 is 1.23 bits per heavy atom. The maximum atomic E-state index is 13.6. The molecule has 0 spiro atoms. The fourth-order valence-corrected chi connectivity index (χ4v) is 4.80. The first-order chi connectivity index (χ1) is 14.2. The zero-order valence-electron chi connectivity index (χ0n) is 17.3. The highest BCUT2D eigenvalue weighted by atomic mass is 16.1. The minimum atomic E-state index is -0.189. The molecule has 0 radical (unpaired) electrons. The van der Waals surface area contributed by atoms with Crippen molar-refractivity contribution in [3.8, 4) is 22.3 Å². The van der Waals surface area contributed by atoms with Gasteiger partial charge in [-0.2, -0.15) is 0 Å². The van der Waals surface area contributed by atoms with Gasteiger partial charge in [-0.3, -0.25) is 19.2 Å². The Morgan fingerprint density at radius 2 is 0.900 bits per heavy atom. The summed E-state index contributed by atoms with van der Waals surface area (Å²) in [5.41, 5.74) is 2.92. The molecule has 0 bridgehead atoms. The quantitative estimate of drug-likeness (QED) is 0.331. The first-order valence-corrected chi connectivity index (χ1v) is 10.2. The highest BCUT2D eigenvalue weighted by Gasteiger charge is 2.27. The number of fused-ring (bicyclic) bond motifs is 2. The van der Waals surface area contributed by atoms with Gasteiger partial charge in [0.2, 0.25) is 0 Å². The van der Waals surface area contributed by atoms with Crippen molar-refractivity contribution < 1.29 is 0 Å². The van der Waals surface area contributed by atoms with Crippen LogP contribution in [0.2, 0.25) is 0 Å². The number of hydrogen-bond donors (Lipinski definition) is 0. The van der Waals surface area contributed by atoms with Crippen molar-refractivity contribution in [2.45, 2.75) is 39.5 Å². The largest absolute Gasteiger partial charge is 0.290 e. The SMILES string of the molecule is CC(C)c1cc2cc(=O)cc3c-2c(c1=O)c1c2c3cc(=O)cc-2cc(C(C)C)c1=O. The molecule has 0 saturated carbocycles. The summed E-state index contributed by atoms with van der Waals surface area (Å²) in [5.74, 6) is -0.109. The zero-order chi connectivity index (χ0) is 21.5. The molecule has 0 fully saturated rings. The molecular formula is C26H20O4. The Kier molecular flexibility index (Phi) is 3.75. The highest BCUT2D eigenvalue weighted by molar-refractivity contribution is 6.22. The molecule has 4 aliphatic rings. The highest BCUT2D eigenvalue weighted by Crippen LogP contribution is 2.43. The monoisotopic (exact) mass is 396 g/mol. The van der Waals surface area contributed by atoms with Crippen LogP contribution in [0.3, 0.4) is 0 Å². The molecule has 5 rings (SSSR count). The summed E-state index contributed by atoms with van der Waals surface area (Å²) in [6.45, 7) is 7.71. The van der Waals surface area contributed by atoms with Gasteiger partial charge < -0.3 is 0 Å². The van der Waals surface area contributed by atoms with E-state index in [0.29, 0.717) is 54.9 Å². The molecule has 4 heteroatoms. The van der Waals surface area contributed by atoms with Crippen molar-refractivity contribution in [3.05, 3.63) is 88.4 Å². The number of benzene rings is 5. The van der Waals surface area contributed by atoms with Crippen LogP contribution in [0, 0.1) is 0 Å². The molecule has 4 nitrogen and oxygen atoms in total. The van der Waals surface area contributed by atoms with Gasteiger partial charge in [0.05, 0.1) is 0 Å². The Labute approximate surface area is 172 Å². The smallest absolute Gasteiger partial charge is 0.190 e. The van der Waals surface area contributed by atoms with Gasteiger partial charge in [-0.05, 0) is 70.1 Å². The molecule has 0 amide bonds. The van der Waals surface area contributed by atoms with E-state index in [0.717, 1.165) is 0 Å². The fraction of sp³-hybridized carbons (Fsp3) is 0.231. The summed E-state index contributed by atoms with van der Waals surface area (Å²) >= 11 is 0. The van der Waals surface area contributed by atoms with Crippen molar-refractivity contribution in [3.63, 3.8) is 0 Å². The predicted octanol–water partition coefficient (Wildman–Crippen LogP) is 4.20. The lowest BCUT2D eigenvalue weighted by atomic mass is 9.79. The fourth-order valence-electron chi connectivity index (χ4n) is 4.80. The Balaban J connectivity index is 2.26. The van der Waals surface area contributed by atoms with Crippen LogP contribution >= 0.6 is 0 Å². The maximum absolute atomic E-state index is 13.6. The van der Waals surface area contributed by atoms with Crippen LogP contribution in [-0.2, 0) is 0 Å². The van der Waals surface area contributed by atoms with E-state index in [-0.39, 0.29) is 33.6 Å². The van der Waals surface area contributed by atoms with E-state index in [2.05, 4.69) is 0 Å². The van der Waals surface area contributed by atoms with Crippen LogP contribution in [-0.4, -0.2) is 0 Å². The molecule has 0 unspecified atom stereocenters. The van der Waals surface area contributed by atoms with E-state index in [4.69, 9.17) is 0 Å². The van der Waals surface area contributed by atoms with Gasteiger partial charge >= 0.3 is 0 Å². The van der Waals surface area contributed by atoms with Crippen molar-refractivity contribution in [1.29, 1.82) is 0 Å². The average molecular weight is 396 g/mol. The Morgan fingerprint density at radius 1 is 0.533 bits per heavy atom. The van der Waals surface area contributed by atoms with Crippen LogP contribution in [0.5, 0.6) is 0 Å². The molecular weight excluding hydrogens is 376 g/mol. The first-order valence-electron chi connectivity index (χ1n) is 10.2. The Bertz CT molecular complexity index is 1490. The van der Waals surface area contributed by atoms with Gasteiger partial charge in [-0.25, -0.2) is 0 Å². The molecule has 148 valence electrons. The van der Waals surface area contributed by atoms with Gasteiger partial charge in [0, 0.05) is 33.0 Å². The third-order valence-corrected chi connectivity index (χ3v) is 6.17.